The van der Waals surface area contributed by atoms with Gasteiger partial charge in [-0.3, -0.25) is 4.90 Å². The van der Waals surface area contributed by atoms with E-state index < -0.39 is 0 Å². The van der Waals surface area contributed by atoms with Crippen molar-refractivity contribution >= 4 is 15.9 Å². The zero-order chi connectivity index (χ0) is 14.5. The van der Waals surface area contributed by atoms with Gasteiger partial charge in [0.15, 0.2) is 0 Å². The third-order valence-corrected chi connectivity index (χ3v) is 5.13. The molecular weight excluding hydrogens is 317 g/mol. The fourth-order valence-electron chi connectivity index (χ4n) is 2.97. The van der Waals surface area contributed by atoms with Gasteiger partial charge < -0.3 is 0 Å². The molecule has 1 aliphatic rings. The minimum atomic E-state index is -0.155. The Morgan fingerprint density at radius 1 is 1.30 bits per heavy atom. The molecule has 1 aromatic rings. The Morgan fingerprint density at radius 3 is 2.65 bits per heavy atom. The molecule has 0 amide bonds. The van der Waals surface area contributed by atoms with Crippen LogP contribution in [0, 0.1) is 11.7 Å². The first-order valence-electron chi connectivity index (χ1n) is 7.75. The SMILES string of the molecule is CC(C)CCN(Cc1cccc(F)c1Br)C1CCCC1. The summed E-state index contributed by atoms with van der Waals surface area (Å²) in [4.78, 5) is 2.56. The second-order valence-corrected chi connectivity index (χ2v) is 7.10. The Balaban J connectivity index is 2.07. The predicted molar refractivity (Wildman–Crippen MR) is 86.2 cm³/mol. The second-order valence-electron chi connectivity index (χ2n) is 6.30. The number of nitrogens with zero attached hydrogens (tertiary/aromatic N) is 1. The normalized spacial score (nSPS) is 16.5. The highest BCUT2D eigenvalue weighted by molar-refractivity contribution is 9.10. The van der Waals surface area contributed by atoms with Gasteiger partial charge in [0.2, 0.25) is 0 Å². The lowest BCUT2D eigenvalue weighted by molar-refractivity contribution is 0.179. The molecule has 0 bridgehead atoms. The van der Waals surface area contributed by atoms with E-state index in [-0.39, 0.29) is 5.82 Å². The Morgan fingerprint density at radius 2 is 2.00 bits per heavy atom. The Labute approximate surface area is 130 Å². The summed E-state index contributed by atoms with van der Waals surface area (Å²) in [5.74, 6) is 0.563. The summed E-state index contributed by atoms with van der Waals surface area (Å²) < 4.78 is 14.3. The first-order chi connectivity index (χ1) is 9.58. The molecule has 0 aliphatic heterocycles. The van der Waals surface area contributed by atoms with Crippen molar-refractivity contribution in [2.45, 2.75) is 58.5 Å². The zero-order valence-electron chi connectivity index (χ0n) is 12.5. The Bertz CT molecular complexity index is 427. The molecule has 1 saturated carbocycles. The molecule has 112 valence electrons. The molecule has 0 atom stereocenters. The van der Waals surface area contributed by atoms with Gasteiger partial charge in [-0.15, -0.1) is 0 Å². The standard InChI is InChI=1S/C17H25BrFN/c1-13(2)10-11-20(15-7-3-4-8-15)12-14-6-5-9-16(19)17(14)18/h5-6,9,13,15H,3-4,7-8,10-12H2,1-2H3. The van der Waals surface area contributed by atoms with Crippen molar-refractivity contribution in [1.29, 1.82) is 0 Å². The Hall–Kier alpha value is -0.410. The van der Waals surface area contributed by atoms with Gasteiger partial charge in [-0.1, -0.05) is 38.8 Å². The summed E-state index contributed by atoms with van der Waals surface area (Å²) >= 11 is 3.40. The van der Waals surface area contributed by atoms with Gasteiger partial charge >= 0.3 is 0 Å². The summed E-state index contributed by atoms with van der Waals surface area (Å²) in [6.45, 7) is 6.51. The molecule has 1 nitrogen and oxygen atoms in total. The largest absolute Gasteiger partial charge is 0.296 e. The monoisotopic (exact) mass is 341 g/mol. The van der Waals surface area contributed by atoms with Crippen LogP contribution < -0.4 is 0 Å². The van der Waals surface area contributed by atoms with E-state index >= 15 is 0 Å². The molecule has 1 aliphatic carbocycles. The van der Waals surface area contributed by atoms with Crippen molar-refractivity contribution in [3.8, 4) is 0 Å². The van der Waals surface area contributed by atoms with Gasteiger partial charge in [-0.2, -0.15) is 0 Å². The number of hydrogen-bond acceptors (Lipinski definition) is 1. The van der Waals surface area contributed by atoms with Crippen molar-refractivity contribution in [2.24, 2.45) is 5.92 Å². The lowest BCUT2D eigenvalue weighted by Gasteiger charge is -2.30. The molecular formula is C17H25BrFN. The van der Waals surface area contributed by atoms with E-state index in [2.05, 4.69) is 34.7 Å². The molecule has 0 heterocycles. The van der Waals surface area contributed by atoms with Crippen LogP contribution in [0.15, 0.2) is 22.7 Å². The average Bonchev–Trinajstić information content (AvgIpc) is 2.93. The highest BCUT2D eigenvalue weighted by Crippen LogP contribution is 2.28. The van der Waals surface area contributed by atoms with Crippen LogP contribution in [-0.4, -0.2) is 17.5 Å². The van der Waals surface area contributed by atoms with E-state index in [1.165, 1.54) is 38.2 Å². The lowest BCUT2D eigenvalue weighted by Crippen LogP contribution is -2.34. The van der Waals surface area contributed by atoms with Crippen LogP contribution in [0.2, 0.25) is 0 Å². The average molecular weight is 342 g/mol. The minimum absolute atomic E-state index is 0.155. The predicted octanol–water partition coefficient (Wildman–Crippen LogP) is 5.38. The smallest absolute Gasteiger partial charge is 0.137 e. The van der Waals surface area contributed by atoms with Crippen LogP contribution in [0.25, 0.3) is 0 Å². The first-order valence-corrected chi connectivity index (χ1v) is 8.54. The maximum Gasteiger partial charge on any atom is 0.137 e. The maximum atomic E-state index is 13.7. The second kappa shape index (κ2) is 7.56. The lowest BCUT2D eigenvalue weighted by atomic mass is 10.1. The van der Waals surface area contributed by atoms with Crippen molar-refractivity contribution < 1.29 is 4.39 Å². The maximum absolute atomic E-state index is 13.7. The third-order valence-electron chi connectivity index (χ3n) is 4.24. The van der Waals surface area contributed by atoms with E-state index in [1.54, 1.807) is 0 Å². The number of halogens is 2. The molecule has 1 fully saturated rings. The molecule has 20 heavy (non-hydrogen) atoms. The molecule has 0 N–H and O–H groups in total. The van der Waals surface area contributed by atoms with Gasteiger partial charge in [0.05, 0.1) is 4.47 Å². The molecule has 3 heteroatoms. The summed E-state index contributed by atoms with van der Waals surface area (Å²) in [7, 11) is 0. The molecule has 0 unspecified atom stereocenters. The number of rotatable bonds is 6. The van der Waals surface area contributed by atoms with E-state index in [0.717, 1.165) is 24.6 Å². The summed E-state index contributed by atoms with van der Waals surface area (Å²) in [5.41, 5.74) is 1.07. The van der Waals surface area contributed by atoms with Gasteiger partial charge in [0, 0.05) is 12.6 Å². The van der Waals surface area contributed by atoms with Crippen LogP contribution in [-0.2, 0) is 6.54 Å². The third kappa shape index (κ3) is 4.29. The van der Waals surface area contributed by atoms with Crippen molar-refractivity contribution in [3.63, 3.8) is 0 Å². The van der Waals surface area contributed by atoms with Crippen LogP contribution in [0.3, 0.4) is 0 Å². The van der Waals surface area contributed by atoms with Crippen LogP contribution in [0.1, 0.15) is 51.5 Å². The quantitative estimate of drug-likeness (QED) is 0.671. The number of benzene rings is 1. The highest BCUT2D eigenvalue weighted by Gasteiger charge is 2.23. The fraction of sp³-hybridized carbons (Fsp3) is 0.647. The fourth-order valence-corrected chi connectivity index (χ4v) is 3.36. The van der Waals surface area contributed by atoms with Crippen molar-refractivity contribution in [2.75, 3.05) is 6.54 Å². The number of hydrogen-bond donors (Lipinski definition) is 0. The summed E-state index contributed by atoms with van der Waals surface area (Å²) in [6, 6.07) is 6.04. The van der Waals surface area contributed by atoms with Crippen molar-refractivity contribution in [3.05, 3.63) is 34.1 Å². The zero-order valence-corrected chi connectivity index (χ0v) is 14.1. The molecule has 0 radical (unpaired) electrons. The van der Waals surface area contributed by atoms with Crippen LogP contribution >= 0.6 is 15.9 Å². The molecule has 0 spiro atoms. The minimum Gasteiger partial charge on any atom is -0.296 e. The van der Waals surface area contributed by atoms with Crippen LogP contribution in [0.5, 0.6) is 0 Å². The highest BCUT2D eigenvalue weighted by atomic mass is 79.9. The van der Waals surface area contributed by atoms with Crippen LogP contribution in [0.4, 0.5) is 4.39 Å². The topological polar surface area (TPSA) is 3.24 Å². The van der Waals surface area contributed by atoms with Gasteiger partial charge in [0.25, 0.3) is 0 Å². The van der Waals surface area contributed by atoms with E-state index in [9.17, 15) is 4.39 Å². The van der Waals surface area contributed by atoms with Gasteiger partial charge in [-0.25, -0.2) is 4.39 Å². The van der Waals surface area contributed by atoms with E-state index in [1.807, 2.05) is 12.1 Å². The first kappa shape index (κ1) is 16.0. The molecule has 0 saturated heterocycles. The molecule has 0 aromatic heterocycles. The van der Waals surface area contributed by atoms with Gasteiger partial charge in [0.1, 0.15) is 5.82 Å². The summed E-state index contributed by atoms with van der Waals surface area (Å²) in [6.07, 6.45) is 6.49. The molecule has 1 aromatic carbocycles. The van der Waals surface area contributed by atoms with E-state index in [0.29, 0.717) is 10.5 Å². The van der Waals surface area contributed by atoms with E-state index in [4.69, 9.17) is 0 Å². The Kier molecular flexibility index (Phi) is 6.03. The van der Waals surface area contributed by atoms with Gasteiger partial charge in [-0.05, 0) is 59.3 Å². The summed E-state index contributed by atoms with van der Waals surface area (Å²) in [5, 5.41) is 0. The van der Waals surface area contributed by atoms with Crippen molar-refractivity contribution in [1.82, 2.24) is 4.90 Å². The molecule has 2 rings (SSSR count).